The van der Waals surface area contributed by atoms with Gasteiger partial charge in [0.05, 0.1) is 18.2 Å². The summed E-state index contributed by atoms with van der Waals surface area (Å²) in [5, 5.41) is 3.43. The number of carbonyl (C=O) groups excluding carboxylic acids is 1. The Morgan fingerprint density at radius 2 is 2.00 bits per heavy atom. The Bertz CT molecular complexity index is 915. The van der Waals surface area contributed by atoms with Crippen LogP contribution >= 0.6 is 0 Å². The van der Waals surface area contributed by atoms with Crippen molar-refractivity contribution < 1.29 is 18.3 Å². The lowest BCUT2D eigenvalue weighted by molar-refractivity contribution is 0.0600. The van der Waals surface area contributed by atoms with Crippen LogP contribution < -0.4 is 5.32 Å². The lowest BCUT2D eigenvalue weighted by atomic mass is 10.1. The predicted molar refractivity (Wildman–Crippen MR) is 84.6 cm³/mol. The smallest absolute Gasteiger partial charge is 0.337 e. The molecule has 0 amide bonds. The standard InChI is InChI=1S/C17H13F2N3O2/c1-24-17(23)10-2-4-14(19)11(6-10)8-20-16-13-7-12(18)3-5-15(13)21-9-22-16/h2-7,9H,8H2,1H3,(H,20,21,22). The van der Waals surface area contributed by atoms with E-state index in [1.807, 2.05) is 0 Å². The number of hydrogen-bond donors (Lipinski definition) is 1. The second kappa shape index (κ2) is 6.57. The summed E-state index contributed by atoms with van der Waals surface area (Å²) in [6.07, 6.45) is 1.34. The minimum atomic E-state index is -0.550. The van der Waals surface area contributed by atoms with E-state index in [4.69, 9.17) is 0 Å². The summed E-state index contributed by atoms with van der Waals surface area (Å²) < 4.78 is 32.0. The molecule has 0 saturated carbocycles. The van der Waals surface area contributed by atoms with E-state index in [0.29, 0.717) is 16.7 Å². The van der Waals surface area contributed by atoms with Gasteiger partial charge in [-0.3, -0.25) is 0 Å². The first-order chi connectivity index (χ1) is 11.6. The van der Waals surface area contributed by atoms with E-state index in [2.05, 4.69) is 20.0 Å². The zero-order valence-electron chi connectivity index (χ0n) is 12.7. The van der Waals surface area contributed by atoms with E-state index in [-0.39, 0.29) is 17.7 Å². The molecule has 1 N–H and O–H groups in total. The number of nitrogens with zero attached hydrogens (tertiary/aromatic N) is 2. The average Bonchev–Trinajstić information content (AvgIpc) is 2.60. The molecule has 3 aromatic rings. The molecule has 0 atom stereocenters. The van der Waals surface area contributed by atoms with Crippen molar-refractivity contribution in [3.05, 3.63) is 65.5 Å². The van der Waals surface area contributed by atoms with Gasteiger partial charge in [-0.1, -0.05) is 0 Å². The largest absolute Gasteiger partial charge is 0.465 e. The molecule has 122 valence electrons. The highest BCUT2D eigenvalue weighted by Gasteiger charge is 2.11. The third-order valence-corrected chi connectivity index (χ3v) is 3.51. The summed E-state index contributed by atoms with van der Waals surface area (Å²) in [4.78, 5) is 19.7. The van der Waals surface area contributed by atoms with Crippen molar-refractivity contribution in [3.63, 3.8) is 0 Å². The van der Waals surface area contributed by atoms with Crippen molar-refractivity contribution >= 4 is 22.7 Å². The maximum absolute atomic E-state index is 13.9. The normalized spacial score (nSPS) is 10.6. The van der Waals surface area contributed by atoms with Crippen LogP contribution in [-0.4, -0.2) is 23.0 Å². The van der Waals surface area contributed by atoms with E-state index in [0.717, 1.165) is 0 Å². The Labute approximate surface area is 136 Å². The van der Waals surface area contributed by atoms with Crippen LogP contribution in [-0.2, 0) is 11.3 Å². The zero-order valence-corrected chi connectivity index (χ0v) is 12.7. The molecule has 0 aliphatic rings. The molecule has 1 heterocycles. The van der Waals surface area contributed by atoms with Crippen molar-refractivity contribution in [2.75, 3.05) is 12.4 Å². The molecule has 0 spiro atoms. The minimum absolute atomic E-state index is 0.0687. The lowest BCUT2D eigenvalue weighted by Crippen LogP contribution is -2.07. The summed E-state index contributed by atoms with van der Waals surface area (Å²) in [7, 11) is 1.26. The first-order valence-electron chi connectivity index (χ1n) is 7.09. The minimum Gasteiger partial charge on any atom is -0.465 e. The molecule has 3 rings (SSSR count). The van der Waals surface area contributed by atoms with Crippen molar-refractivity contribution in [2.24, 2.45) is 0 Å². The number of aromatic nitrogens is 2. The monoisotopic (exact) mass is 329 g/mol. The number of rotatable bonds is 4. The second-order valence-corrected chi connectivity index (χ2v) is 5.04. The maximum atomic E-state index is 13.9. The fraction of sp³-hybridized carbons (Fsp3) is 0.118. The van der Waals surface area contributed by atoms with Crippen LogP contribution in [0.3, 0.4) is 0 Å². The molecule has 0 aliphatic carbocycles. The van der Waals surface area contributed by atoms with Gasteiger partial charge in [0.25, 0.3) is 0 Å². The zero-order chi connectivity index (χ0) is 17.1. The molecule has 0 fully saturated rings. The Hall–Kier alpha value is -3.09. The van der Waals surface area contributed by atoms with Crippen LogP contribution in [0.15, 0.2) is 42.7 Å². The van der Waals surface area contributed by atoms with Crippen LogP contribution in [0.25, 0.3) is 10.9 Å². The molecule has 2 aromatic carbocycles. The number of halogens is 2. The molecule has 0 aliphatic heterocycles. The summed E-state index contributed by atoms with van der Waals surface area (Å²) in [5.74, 6) is -1.06. The van der Waals surface area contributed by atoms with Crippen LogP contribution in [0.1, 0.15) is 15.9 Å². The number of carbonyl (C=O) groups is 1. The maximum Gasteiger partial charge on any atom is 0.337 e. The molecule has 0 bridgehead atoms. The molecule has 24 heavy (non-hydrogen) atoms. The Balaban J connectivity index is 1.89. The number of anilines is 1. The van der Waals surface area contributed by atoms with Gasteiger partial charge in [0, 0.05) is 17.5 Å². The molecule has 7 heteroatoms. The van der Waals surface area contributed by atoms with Crippen molar-refractivity contribution in [3.8, 4) is 0 Å². The molecular formula is C17H13F2N3O2. The number of methoxy groups -OCH3 is 1. The summed E-state index contributed by atoms with van der Waals surface area (Å²) in [6.45, 7) is 0.0687. The number of hydrogen-bond acceptors (Lipinski definition) is 5. The van der Waals surface area contributed by atoms with Gasteiger partial charge in [-0.25, -0.2) is 23.5 Å². The molecule has 5 nitrogen and oxygen atoms in total. The molecule has 0 saturated heterocycles. The summed E-state index contributed by atoms with van der Waals surface area (Å²) in [5.41, 5.74) is 1.08. The predicted octanol–water partition coefficient (Wildman–Crippen LogP) is 3.31. The van der Waals surface area contributed by atoms with E-state index in [1.165, 1.54) is 49.8 Å². The quantitative estimate of drug-likeness (QED) is 0.744. The third kappa shape index (κ3) is 3.15. The van der Waals surface area contributed by atoms with Gasteiger partial charge in [0.2, 0.25) is 0 Å². The first-order valence-corrected chi connectivity index (χ1v) is 7.09. The number of ether oxygens (including phenoxy) is 1. The highest BCUT2D eigenvalue weighted by Crippen LogP contribution is 2.21. The fourth-order valence-electron chi connectivity index (χ4n) is 2.30. The van der Waals surface area contributed by atoms with Crippen molar-refractivity contribution in [1.29, 1.82) is 0 Å². The van der Waals surface area contributed by atoms with Gasteiger partial charge in [0.15, 0.2) is 0 Å². The molecule has 0 unspecified atom stereocenters. The highest BCUT2D eigenvalue weighted by molar-refractivity contribution is 5.90. The van der Waals surface area contributed by atoms with E-state index in [1.54, 1.807) is 0 Å². The van der Waals surface area contributed by atoms with Crippen LogP contribution in [0, 0.1) is 11.6 Å². The van der Waals surface area contributed by atoms with Gasteiger partial charge >= 0.3 is 5.97 Å². The fourth-order valence-corrected chi connectivity index (χ4v) is 2.30. The second-order valence-electron chi connectivity index (χ2n) is 5.04. The summed E-state index contributed by atoms with van der Waals surface area (Å²) in [6, 6.07) is 8.09. The van der Waals surface area contributed by atoms with Gasteiger partial charge in [-0.05, 0) is 36.4 Å². The first kappa shape index (κ1) is 15.8. The van der Waals surface area contributed by atoms with Crippen molar-refractivity contribution in [2.45, 2.75) is 6.54 Å². The van der Waals surface area contributed by atoms with Crippen molar-refractivity contribution in [1.82, 2.24) is 9.97 Å². The molecule has 1 aromatic heterocycles. The van der Waals surface area contributed by atoms with Gasteiger partial charge in [-0.15, -0.1) is 0 Å². The lowest BCUT2D eigenvalue weighted by Gasteiger charge is -2.10. The third-order valence-electron chi connectivity index (χ3n) is 3.51. The Morgan fingerprint density at radius 1 is 1.17 bits per heavy atom. The Kier molecular flexibility index (Phi) is 4.33. The van der Waals surface area contributed by atoms with Crippen LogP contribution in [0.2, 0.25) is 0 Å². The van der Waals surface area contributed by atoms with Gasteiger partial charge in [-0.2, -0.15) is 0 Å². The van der Waals surface area contributed by atoms with Gasteiger partial charge < -0.3 is 10.1 Å². The van der Waals surface area contributed by atoms with E-state index < -0.39 is 17.6 Å². The highest BCUT2D eigenvalue weighted by atomic mass is 19.1. The molecule has 0 radical (unpaired) electrons. The van der Waals surface area contributed by atoms with E-state index >= 15 is 0 Å². The number of esters is 1. The van der Waals surface area contributed by atoms with Gasteiger partial charge in [0.1, 0.15) is 23.8 Å². The number of benzene rings is 2. The summed E-state index contributed by atoms with van der Waals surface area (Å²) >= 11 is 0. The SMILES string of the molecule is COC(=O)c1ccc(F)c(CNc2ncnc3ccc(F)cc23)c1. The molecular weight excluding hydrogens is 316 g/mol. The van der Waals surface area contributed by atoms with Crippen LogP contribution in [0.4, 0.5) is 14.6 Å². The number of nitrogens with one attached hydrogen (secondary N) is 1. The number of fused-ring (bicyclic) bond motifs is 1. The average molecular weight is 329 g/mol. The van der Waals surface area contributed by atoms with E-state index in [9.17, 15) is 13.6 Å². The Morgan fingerprint density at radius 3 is 2.79 bits per heavy atom. The topological polar surface area (TPSA) is 64.1 Å². The van der Waals surface area contributed by atoms with Crippen LogP contribution in [0.5, 0.6) is 0 Å².